The standard InChI is InChI=1S/C25H20F3N5O3/c1-2-36-23(34)22-32-20-9-4-3-8-19(20)21(33-22)29-16-10-12-17(13-11-16)30-24(35)31-18-7-5-6-15(14-18)25(26,27)28/h3-14H,2H2,1H3,(H,29,32,33)(H2,30,31,35). The molecule has 8 nitrogen and oxygen atoms in total. The summed E-state index contributed by atoms with van der Waals surface area (Å²) in [5, 5.41) is 8.76. The molecule has 1 heterocycles. The lowest BCUT2D eigenvalue weighted by Gasteiger charge is -2.12. The SMILES string of the molecule is CCOC(=O)c1nc(Nc2ccc(NC(=O)Nc3cccc(C(F)(F)F)c3)cc2)c2ccccc2n1. The molecule has 3 aromatic carbocycles. The number of para-hydroxylation sites is 1. The maximum absolute atomic E-state index is 12.9. The molecular formula is C25H20F3N5O3. The fourth-order valence-electron chi connectivity index (χ4n) is 3.30. The fourth-order valence-corrected chi connectivity index (χ4v) is 3.30. The van der Waals surface area contributed by atoms with Crippen molar-refractivity contribution in [2.45, 2.75) is 13.1 Å². The summed E-state index contributed by atoms with van der Waals surface area (Å²) in [6, 6.07) is 17.3. The van der Waals surface area contributed by atoms with Crippen LogP contribution in [0.25, 0.3) is 10.9 Å². The van der Waals surface area contributed by atoms with E-state index in [0.717, 1.165) is 12.1 Å². The molecule has 2 amide bonds. The van der Waals surface area contributed by atoms with Crippen molar-refractivity contribution >= 4 is 45.8 Å². The highest BCUT2D eigenvalue weighted by atomic mass is 19.4. The van der Waals surface area contributed by atoms with Crippen molar-refractivity contribution in [2.75, 3.05) is 22.6 Å². The third kappa shape index (κ3) is 5.87. The number of hydrogen-bond acceptors (Lipinski definition) is 6. The molecule has 4 aromatic rings. The van der Waals surface area contributed by atoms with Crippen LogP contribution in [0.2, 0.25) is 0 Å². The van der Waals surface area contributed by atoms with Gasteiger partial charge in [-0.1, -0.05) is 18.2 Å². The van der Waals surface area contributed by atoms with E-state index < -0.39 is 23.7 Å². The summed E-state index contributed by atoms with van der Waals surface area (Å²) in [7, 11) is 0. The minimum atomic E-state index is -4.51. The summed E-state index contributed by atoms with van der Waals surface area (Å²) >= 11 is 0. The maximum Gasteiger partial charge on any atom is 0.416 e. The Balaban J connectivity index is 1.47. The molecule has 0 aliphatic heterocycles. The molecule has 1 aromatic heterocycles. The van der Waals surface area contributed by atoms with Gasteiger partial charge < -0.3 is 20.7 Å². The van der Waals surface area contributed by atoms with Crippen LogP contribution in [0.4, 0.5) is 40.8 Å². The van der Waals surface area contributed by atoms with Crippen molar-refractivity contribution in [1.29, 1.82) is 0 Å². The number of halogens is 3. The molecule has 0 radical (unpaired) electrons. The van der Waals surface area contributed by atoms with Gasteiger partial charge in [0.25, 0.3) is 0 Å². The monoisotopic (exact) mass is 495 g/mol. The molecule has 184 valence electrons. The Hall–Kier alpha value is -4.67. The first kappa shape index (κ1) is 24.5. The maximum atomic E-state index is 12.9. The van der Waals surface area contributed by atoms with E-state index in [0.29, 0.717) is 28.1 Å². The van der Waals surface area contributed by atoms with Crippen LogP contribution in [0.5, 0.6) is 0 Å². The molecule has 0 aliphatic carbocycles. The molecule has 0 atom stereocenters. The number of carbonyl (C=O) groups is 2. The van der Waals surface area contributed by atoms with Crippen molar-refractivity contribution in [2.24, 2.45) is 0 Å². The number of nitrogens with zero attached hydrogens (tertiary/aromatic N) is 2. The number of carbonyl (C=O) groups excluding carboxylic acids is 2. The highest BCUT2D eigenvalue weighted by Crippen LogP contribution is 2.31. The van der Waals surface area contributed by atoms with Gasteiger partial charge in [-0.15, -0.1) is 0 Å². The number of alkyl halides is 3. The zero-order chi connectivity index (χ0) is 25.7. The molecule has 0 unspecified atom stereocenters. The molecule has 0 aliphatic rings. The van der Waals surface area contributed by atoms with Crippen LogP contribution in [-0.2, 0) is 10.9 Å². The number of nitrogens with one attached hydrogen (secondary N) is 3. The molecular weight excluding hydrogens is 475 g/mol. The Labute approximate surface area is 203 Å². The largest absolute Gasteiger partial charge is 0.460 e. The zero-order valence-corrected chi connectivity index (χ0v) is 18.9. The van der Waals surface area contributed by atoms with E-state index in [4.69, 9.17) is 4.74 Å². The molecule has 0 fully saturated rings. The van der Waals surface area contributed by atoms with Crippen molar-refractivity contribution < 1.29 is 27.5 Å². The van der Waals surface area contributed by atoms with Crippen LogP contribution in [-0.4, -0.2) is 28.6 Å². The average Bonchev–Trinajstić information content (AvgIpc) is 2.85. The van der Waals surface area contributed by atoms with Gasteiger partial charge in [-0.3, -0.25) is 0 Å². The Morgan fingerprint density at radius 3 is 2.28 bits per heavy atom. The van der Waals surface area contributed by atoms with Crippen molar-refractivity contribution in [3.63, 3.8) is 0 Å². The number of rotatable bonds is 6. The molecule has 0 saturated carbocycles. The lowest BCUT2D eigenvalue weighted by Crippen LogP contribution is -2.19. The number of fused-ring (bicyclic) bond motifs is 1. The first-order valence-corrected chi connectivity index (χ1v) is 10.8. The molecule has 11 heteroatoms. The Kier molecular flexibility index (Phi) is 7.00. The average molecular weight is 495 g/mol. The van der Waals surface area contributed by atoms with E-state index in [1.165, 1.54) is 12.1 Å². The second-order valence-electron chi connectivity index (χ2n) is 7.49. The van der Waals surface area contributed by atoms with Gasteiger partial charge in [0.05, 0.1) is 17.7 Å². The van der Waals surface area contributed by atoms with E-state index in [1.54, 1.807) is 49.4 Å². The molecule has 0 bridgehead atoms. The number of esters is 1. The van der Waals surface area contributed by atoms with Crippen LogP contribution >= 0.6 is 0 Å². The second kappa shape index (κ2) is 10.3. The zero-order valence-electron chi connectivity index (χ0n) is 18.9. The van der Waals surface area contributed by atoms with Gasteiger partial charge in [0.2, 0.25) is 5.82 Å². The molecule has 4 rings (SSSR count). The van der Waals surface area contributed by atoms with E-state index in [1.807, 2.05) is 6.07 Å². The Morgan fingerprint density at radius 2 is 1.56 bits per heavy atom. The summed E-state index contributed by atoms with van der Waals surface area (Å²) in [5.74, 6) is -0.327. The normalized spacial score (nSPS) is 11.1. The quantitative estimate of drug-likeness (QED) is 0.275. The number of aromatic nitrogens is 2. The first-order chi connectivity index (χ1) is 17.2. The molecule has 0 spiro atoms. The lowest BCUT2D eigenvalue weighted by molar-refractivity contribution is -0.137. The predicted molar refractivity (Wildman–Crippen MR) is 129 cm³/mol. The van der Waals surface area contributed by atoms with Gasteiger partial charge in [-0.05, 0) is 61.5 Å². The summed E-state index contributed by atoms with van der Waals surface area (Å²) < 4.78 is 43.6. The minimum Gasteiger partial charge on any atom is -0.460 e. The van der Waals surface area contributed by atoms with E-state index >= 15 is 0 Å². The van der Waals surface area contributed by atoms with Crippen LogP contribution in [0.3, 0.4) is 0 Å². The van der Waals surface area contributed by atoms with Crippen molar-refractivity contribution in [3.8, 4) is 0 Å². The second-order valence-corrected chi connectivity index (χ2v) is 7.49. The molecule has 36 heavy (non-hydrogen) atoms. The number of hydrogen-bond donors (Lipinski definition) is 3. The Bertz CT molecular complexity index is 1410. The van der Waals surface area contributed by atoms with Gasteiger partial charge >= 0.3 is 18.2 Å². The number of benzene rings is 3. The smallest absolute Gasteiger partial charge is 0.416 e. The highest BCUT2D eigenvalue weighted by molar-refractivity contribution is 6.00. The molecule has 3 N–H and O–H groups in total. The van der Waals surface area contributed by atoms with Gasteiger partial charge in [-0.2, -0.15) is 13.2 Å². The first-order valence-electron chi connectivity index (χ1n) is 10.8. The minimum absolute atomic E-state index is 0.00801. The van der Waals surface area contributed by atoms with Crippen molar-refractivity contribution in [1.82, 2.24) is 9.97 Å². The summed E-state index contributed by atoms with van der Waals surface area (Å²) in [6.07, 6.45) is -4.51. The predicted octanol–water partition coefficient (Wildman–Crippen LogP) is 6.21. The number of amides is 2. The van der Waals surface area contributed by atoms with Gasteiger partial charge in [-0.25, -0.2) is 19.6 Å². The summed E-state index contributed by atoms with van der Waals surface area (Å²) in [4.78, 5) is 33.0. The Morgan fingerprint density at radius 1 is 0.861 bits per heavy atom. The topological polar surface area (TPSA) is 105 Å². The number of anilines is 4. The fraction of sp³-hybridized carbons (Fsp3) is 0.120. The summed E-state index contributed by atoms with van der Waals surface area (Å²) in [6.45, 7) is 1.88. The van der Waals surface area contributed by atoms with Crippen LogP contribution in [0.15, 0.2) is 72.8 Å². The summed E-state index contributed by atoms with van der Waals surface area (Å²) in [5.41, 5.74) is 0.720. The lowest BCUT2D eigenvalue weighted by atomic mass is 10.2. The third-order valence-electron chi connectivity index (χ3n) is 4.91. The van der Waals surface area contributed by atoms with Crippen LogP contribution in [0.1, 0.15) is 23.1 Å². The number of ether oxygens (including phenoxy) is 1. The van der Waals surface area contributed by atoms with E-state index in [2.05, 4.69) is 25.9 Å². The highest BCUT2D eigenvalue weighted by Gasteiger charge is 2.30. The van der Waals surface area contributed by atoms with Gasteiger partial charge in [0.15, 0.2) is 0 Å². The van der Waals surface area contributed by atoms with E-state index in [-0.39, 0.29) is 18.1 Å². The van der Waals surface area contributed by atoms with Gasteiger partial charge in [0, 0.05) is 22.4 Å². The van der Waals surface area contributed by atoms with Crippen LogP contribution < -0.4 is 16.0 Å². The van der Waals surface area contributed by atoms with Crippen molar-refractivity contribution in [3.05, 3.63) is 84.2 Å². The van der Waals surface area contributed by atoms with Gasteiger partial charge in [0.1, 0.15) is 5.82 Å². The molecule has 0 saturated heterocycles. The van der Waals surface area contributed by atoms with Crippen LogP contribution in [0, 0.1) is 0 Å². The third-order valence-corrected chi connectivity index (χ3v) is 4.91. The number of urea groups is 1. The van der Waals surface area contributed by atoms with E-state index in [9.17, 15) is 22.8 Å².